The summed E-state index contributed by atoms with van der Waals surface area (Å²) >= 11 is 5.97. The first-order valence-corrected chi connectivity index (χ1v) is 6.16. The fraction of sp³-hybridized carbons (Fsp3) is 0.200. The summed E-state index contributed by atoms with van der Waals surface area (Å²) in [5, 5.41) is 10.6. The molecule has 94 valence electrons. The zero-order valence-electron chi connectivity index (χ0n) is 10.1. The van der Waals surface area contributed by atoms with Crippen LogP contribution in [0, 0.1) is 6.92 Å². The Morgan fingerprint density at radius 1 is 1.17 bits per heavy atom. The molecule has 2 aromatic rings. The molecule has 0 saturated heterocycles. The van der Waals surface area contributed by atoms with Gasteiger partial charge in [0, 0.05) is 0 Å². The van der Waals surface area contributed by atoms with Crippen molar-refractivity contribution in [1.29, 1.82) is 0 Å². The van der Waals surface area contributed by atoms with Gasteiger partial charge in [0.1, 0.15) is 18.5 Å². The molecule has 18 heavy (non-hydrogen) atoms. The molecule has 0 aliphatic heterocycles. The number of hydrogen-bond donors (Lipinski definition) is 1. The molecule has 2 aromatic carbocycles. The number of halogens is 1. The third-order valence-corrected chi connectivity index (χ3v) is 2.97. The molecule has 0 aromatic heterocycles. The van der Waals surface area contributed by atoms with Gasteiger partial charge in [-0.1, -0.05) is 53.6 Å². The molecule has 0 spiro atoms. The number of ether oxygens (including phenoxy) is 1. The number of rotatable bonds is 4. The lowest BCUT2D eigenvalue weighted by Gasteiger charge is -2.13. The highest BCUT2D eigenvalue weighted by Crippen LogP contribution is 2.24. The molecule has 0 aliphatic rings. The third kappa shape index (κ3) is 3.25. The Morgan fingerprint density at radius 2 is 1.94 bits per heavy atom. The third-order valence-electron chi connectivity index (χ3n) is 2.66. The maximum Gasteiger partial charge on any atom is 0.138 e. The van der Waals surface area contributed by atoms with Gasteiger partial charge in [-0.25, -0.2) is 0 Å². The van der Waals surface area contributed by atoms with Gasteiger partial charge < -0.3 is 9.84 Å². The van der Waals surface area contributed by atoms with Crippen LogP contribution in [0.4, 0.5) is 0 Å². The van der Waals surface area contributed by atoms with Gasteiger partial charge in [0.05, 0.1) is 5.02 Å². The molecular weight excluding hydrogens is 248 g/mol. The predicted molar refractivity (Wildman–Crippen MR) is 73.1 cm³/mol. The van der Waals surface area contributed by atoms with Crippen molar-refractivity contribution in [2.75, 3.05) is 6.61 Å². The van der Waals surface area contributed by atoms with Crippen LogP contribution in [0.2, 0.25) is 5.02 Å². The van der Waals surface area contributed by atoms with Crippen LogP contribution in [0.3, 0.4) is 0 Å². The summed E-state index contributed by atoms with van der Waals surface area (Å²) in [5.41, 5.74) is 1.96. The van der Waals surface area contributed by atoms with Gasteiger partial charge in [-0.15, -0.1) is 0 Å². The van der Waals surface area contributed by atoms with Crippen molar-refractivity contribution >= 4 is 11.6 Å². The molecule has 0 amide bonds. The van der Waals surface area contributed by atoms with Crippen LogP contribution in [0.1, 0.15) is 17.2 Å². The van der Waals surface area contributed by atoms with Gasteiger partial charge in [0.15, 0.2) is 0 Å². The Labute approximate surface area is 112 Å². The molecule has 0 bridgehead atoms. The van der Waals surface area contributed by atoms with Crippen molar-refractivity contribution in [3.8, 4) is 5.75 Å². The van der Waals surface area contributed by atoms with E-state index >= 15 is 0 Å². The Kier molecular flexibility index (Phi) is 4.24. The fourth-order valence-electron chi connectivity index (χ4n) is 1.70. The van der Waals surface area contributed by atoms with Gasteiger partial charge in [0.25, 0.3) is 0 Å². The zero-order chi connectivity index (χ0) is 13.0. The summed E-state index contributed by atoms with van der Waals surface area (Å²) in [4.78, 5) is 0. The highest BCUT2D eigenvalue weighted by atomic mass is 35.5. The smallest absolute Gasteiger partial charge is 0.138 e. The monoisotopic (exact) mass is 262 g/mol. The largest absolute Gasteiger partial charge is 0.489 e. The van der Waals surface area contributed by atoms with E-state index in [0.717, 1.165) is 11.1 Å². The second-order valence-electron chi connectivity index (χ2n) is 4.17. The lowest BCUT2D eigenvalue weighted by molar-refractivity contribution is 0.108. The second-order valence-corrected chi connectivity index (χ2v) is 4.58. The Balaban J connectivity index is 2.00. The van der Waals surface area contributed by atoms with Crippen molar-refractivity contribution in [3.05, 3.63) is 64.7 Å². The van der Waals surface area contributed by atoms with Gasteiger partial charge in [0.2, 0.25) is 0 Å². The van der Waals surface area contributed by atoms with Crippen molar-refractivity contribution in [2.24, 2.45) is 0 Å². The molecule has 1 unspecified atom stereocenters. The number of aliphatic hydroxyl groups is 1. The highest BCUT2D eigenvalue weighted by Gasteiger charge is 2.09. The van der Waals surface area contributed by atoms with Gasteiger partial charge in [-0.3, -0.25) is 0 Å². The number of aliphatic hydroxyl groups excluding tert-OH is 1. The molecule has 0 fully saturated rings. The minimum Gasteiger partial charge on any atom is -0.489 e. The van der Waals surface area contributed by atoms with Crippen molar-refractivity contribution in [3.63, 3.8) is 0 Å². The molecule has 0 heterocycles. The van der Waals surface area contributed by atoms with E-state index in [1.54, 1.807) is 12.1 Å². The first-order valence-electron chi connectivity index (χ1n) is 5.79. The van der Waals surface area contributed by atoms with E-state index < -0.39 is 6.10 Å². The molecule has 0 radical (unpaired) electrons. The molecule has 2 rings (SSSR count). The quantitative estimate of drug-likeness (QED) is 0.909. The average Bonchev–Trinajstić information content (AvgIpc) is 2.37. The standard InChI is InChI=1S/C15H15ClO2/c1-11-5-4-6-12(9-11)14(17)10-18-15-8-3-2-7-13(15)16/h2-9,14,17H,10H2,1H3. The normalized spacial score (nSPS) is 12.2. The first-order chi connectivity index (χ1) is 8.66. The van der Waals surface area contributed by atoms with Crippen LogP contribution in [-0.2, 0) is 0 Å². The zero-order valence-corrected chi connectivity index (χ0v) is 10.9. The second kappa shape index (κ2) is 5.89. The molecule has 2 nitrogen and oxygen atoms in total. The number of para-hydroxylation sites is 1. The SMILES string of the molecule is Cc1cccc(C(O)COc2ccccc2Cl)c1. The molecule has 1 N–H and O–H groups in total. The summed E-state index contributed by atoms with van der Waals surface area (Å²) in [6, 6.07) is 15.0. The maximum absolute atomic E-state index is 10.0. The summed E-state index contributed by atoms with van der Waals surface area (Å²) in [6.07, 6.45) is -0.652. The molecule has 0 saturated carbocycles. The molecule has 0 aliphatic carbocycles. The van der Waals surface area contributed by atoms with Gasteiger partial charge in [-0.2, -0.15) is 0 Å². The van der Waals surface area contributed by atoms with Crippen LogP contribution < -0.4 is 4.74 Å². The molecule has 3 heteroatoms. The van der Waals surface area contributed by atoms with Crippen LogP contribution in [0.25, 0.3) is 0 Å². The van der Waals surface area contributed by atoms with E-state index in [9.17, 15) is 5.11 Å². The first kappa shape index (κ1) is 12.9. The van der Waals surface area contributed by atoms with Gasteiger partial charge in [-0.05, 0) is 24.6 Å². The number of hydrogen-bond acceptors (Lipinski definition) is 2. The minimum atomic E-state index is -0.652. The van der Waals surface area contributed by atoms with Crippen molar-refractivity contribution in [2.45, 2.75) is 13.0 Å². The summed E-state index contributed by atoms with van der Waals surface area (Å²) in [7, 11) is 0. The number of benzene rings is 2. The minimum absolute atomic E-state index is 0.188. The van der Waals surface area contributed by atoms with Crippen LogP contribution in [-0.4, -0.2) is 11.7 Å². The highest BCUT2D eigenvalue weighted by molar-refractivity contribution is 6.32. The summed E-state index contributed by atoms with van der Waals surface area (Å²) < 4.78 is 5.51. The Morgan fingerprint density at radius 3 is 2.67 bits per heavy atom. The van der Waals surface area contributed by atoms with E-state index in [-0.39, 0.29) is 6.61 Å². The maximum atomic E-state index is 10.0. The van der Waals surface area contributed by atoms with E-state index in [2.05, 4.69) is 0 Å². The summed E-state index contributed by atoms with van der Waals surface area (Å²) in [5.74, 6) is 0.589. The Hall–Kier alpha value is -1.51. The predicted octanol–water partition coefficient (Wildman–Crippen LogP) is 3.76. The summed E-state index contributed by atoms with van der Waals surface area (Å²) in [6.45, 7) is 2.18. The van der Waals surface area contributed by atoms with Crippen LogP contribution in [0.15, 0.2) is 48.5 Å². The lowest BCUT2D eigenvalue weighted by atomic mass is 10.1. The average molecular weight is 263 g/mol. The van der Waals surface area contributed by atoms with E-state index in [1.165, 1.54) is 0 Å². The van der Waals surface area contributed by atoms with Crippen LogP contribution >= 0.6 is 11.6 Å². The van der Waals surface area contributed by atoms with Gasteiger partial charge >= 0.3 is 0 Å². The number of aryl methyl sites for hydroxylation is 1. The topological polar surface area (TPSA) is 29.5 Å². The molecule has 1 atom stereocenters. The molecular formula is C15H15ClO2. The Bertz CT molecular complexity index is 525. The van der Waals surface area contributed by atoms with Crippen LogP contribution in [0.5, 0.6) is 5.75 Å². The van der Waals surface area contributed by atoms with E-state index in [0.29, 0.717) is 10.8 Å². The fourth-order valence-corrected chi connectivity index (χ4v) is 1.89. The van der Waals surface area contributed by atoms with E-state index in [1.807, 2.05) is 43.3 Å². The van der Waals surface area contributed by atoms with Crippen molar-refractivity contribution < 1.29 is 9.84 Å². The van der Waals surface area contributed by atoms with Crippen molar-refractivity contribution in [1.82, 2.24) is 0 Å². The lowest BCUT2D eigenvalue weighted by Crippen LogP contribution is -2.09. The van der Waals surface area contributed by atoms with E-state index in [4.69, 9.17) is 16.3 Å².